The van der Waals surface area contributed by atoms with E-state index >= 15 is 0 Å². The Balaban J connectivity index is 2.01. The fourth-order valence-electron chi connectivity index (χ4n) is 2.58. The zero-order valence-corrected chi connectivity index (χ0v) is 12.3. The van der Waals surface area contributed by atoms with Gasteiger partial charge in [0, 0.05) is 28.9 Å². The molecular formula is C14H21N3OS. The van der Waals surface area contributed by atoms with Crippen molar-refractivity contribution in [3.05, 3.63) is 23.5 Å². The fraction of sp³-hybridized carbons (Fsp3) is 0.571. The van der Waals surface area contributed by atoms with Crippen molar-refractivity contribution in [3.8, 4) is 0 Å². The molecule has 0 atom stereocenters. The van der Waals surface area contributed by atoms with Gasteiger partial charge in [-0.1, -0.05) is 12.8 Å². The molecule has 0 radical (unpaired) electrons. The smallest absolute Gasteiger partial charge is 0.254 e. The molecule has 0 spiro atoms. The summed E-state index contributed by atoms with van der Waals surface area (Å²) < 4.78 is 0.211. The first kappa shape index (κ1) is 14.2. The van der Waals surface area contributed by atoms with Crippen LogP contribution >= 0.6 is 11.8 Å². The molecule has 1 saturated carbocycles. The maximum absolute atomic E-state index is 12.2. The minimum atomic E-state index is -0.120. The van der Waals surface area contributed by atoms with Gasteiger partial charge in [0.15, 0.2) is 0 Å². The predicted octanol–water partition coefficient (Wildman–Crippen LogP) is 2.38. The molecule has 1 amide bonds. The first-order valence-electron chi connectivity index (χ1n) is 6.62. The van der Waals surface area contributed by atoms with Crippen molar-refractivity contribution in [2.24, 2.45) is 0 Å². The molecule has 19 heavy (non-hydrogen) atoms. The van der Waals surface area contributed by atoms with Crippen molar-refractivity contribution in [2.45, 2.75) is 37.4 Å². The predicted molar refractivity (Wildman–Crippen MR) is 80.4 cm³/mol. The van der Waals surface area contributed by atoms with Gasteiger partial charge in [-0.05, 0) is 32.1 Å². The number of aromatic nitrogens is 1. The summed E-state index contributed by atoms with van der Waals surface area (Å²) in [7, 11) is 0. The average Bonchev–Trinajstić information content (AvgIpc) is 2.85. The van der Waals surface area contributed by atoms with Crippen molar-refractivity contribution < 1.29 is 4.79 Å². The highest BCUT2D eigenvalue weighted by Gasteiger charge is 2.33. The Labute approximate surface area is 118 Å². The maximum atomic E-state index is 12.2. The van der Waals surface area contributed by atoms with Gasteiger partial charge in [-0.25, -0.2) is 0 Å². The highest BCUT2D eigenvalue weighted by molar-refractivity contribution is 8.00. The second-order valence-electron chi connectivity index (χ2n) is 5.19. The van der Waals surface area contributed by atoms with E-state index in [0.29, 0.717) is 17.8 Å². The van der Waals surface area contributed by atoms with E-state index in [9.17, 15) is 4.79 Å². The molecular weight excluding hydrogens is 258 g/mol. The first-order valence-corrected chi connectivity index (χ1v) is 7.84. The van der Waals surface area contributed by atoms with Crippen LogP contribution in [0.15, 0.2) is 12.3 Å². The SMILES string of the molecule is CSC1(CNC(=O)c2cnc(C)cc2N)CCCC1. The number of rotatable bonds is 4. The van der Waals surface area contributed by atoms with Crippen molar-refractivity contribution >= 4 is 23.4 Å². The third-order valence-corrected chi connectivity index (χ3v) is 5.25. The number of nitrogens with two attached hydrogens (primary N) is 1. The minimum Gasteiger partial charge on any atom is -0.398 e. The van der Waals surface area contributed by atoms with Gasteiger partial charge in [0.05, 0.1) is 5.56 Å². The van der Waals surface area contributed by atoms with E-state index in [1.54, 1.807) is 12.3 Å². The number of nitrogens with zero attached hydrogens (tertiary/aromatic N) is 1. The van der Waals surface area contributed by atoms with Crippen LogP contribution in [0.3, 0.4) is 0 Å². The lowest BCUT2D eigenvalue weighted by Gasteiger charge is -2.27. The third-order valence-electron chi connectivity index (χ3n) is 3.84. The summed E-state index contributed by atoms with van der Waals surface area (Å²) in [6.07, 6.45) is 8.54. The number of pyridine rings is 1. The van der Waals surface area contributed by atoms with E-state index in [0.717, 1.165) is 5.69 Å². The standard InChI is InChI=1S/C14H21N3OS/c1-10-7-12(15)11(8-16-10)13(18)17-9-14(19-2)5-3-4-6-14/h7-8H,3-6,9H2,1-2H3,(H2,15,16)(H,17,18). The number of nitrogens with one attached hydrogen (secondary N) is 1. The van der Waals surface area contributed by atoms with Crippen LogP contribution in [0.4, 0.5) is 5.69 Å². The van der Waals surface area contributed by atoms with Gasteiger partial charge in [0.25, 0.3) is 5.91 Å². The number of carbonyl (C=O) groups is 1. The monoisotopic (exact) mass is 279 g/mol. The molecule has 0 aliphatic heterocycles. The van der Waals surface area contributed by atoms with Crippen LogP contribution in [0.1, 0.15) is 41.7 Å². The molecule has 104 valence electrons. The normalized spacial score (nSPS) is 17.4. The number of thioether (sulfide) groups is 1. The molecule has 4 nitrogen and oxygen atoms in total. The van der Waals surface area contributed by atoms with E-state index in [2.05, 4.69) is 16.6 Å². The molecule has 0 aromatic carbocycles. The zero-order valence-electron chi connectivity index (χ0n) is 11.5. The number of nitrogen functional groups attached to an aromatic ring is 1. The van der Waals surface area contributed by atoms with E-state index < -0.39 is 0 Å². The zero-order chi connectivity index (χ0) is 13.9. The molecule has 0 bridgehead atoms. The number of amides is 1. The summed E-state index contributed by atoms with van der Waals surface area (Å²) in [6, 6.07) is 1.73. The fourth-order valence-corrected chi connectivity index (χ4v) is 3.49. The number of anilines is 1. The van der Waals surface area contributed by atoms with Crippen LogP contribution < -0.4 is 11.1 Å². The highest BCUT2D eigenvalue weighted by atomic mass is 32.2. The Morgan fingerprint density at radius 1 is 1.53 bits per heavy atom. The maximum Gasteiger partial charge on any atom is 0.254 e. The number of hydrogen-bond acceptors (Lipinski definition) is 4. The lowest BCUT2D eigenvalue weighted by atomic mass is 10.1. The number of carbonyl (C=O) groups excluding carboxylic acids is 1. The van der Waals surface area contributed by atoms with Gasteiger partial charge >= 0.3 is 0 Å². The lowest BCUT2D eigenvalue weighted by Crippen LogP contribution is -2.38. The first-order chi connectivity index (χ1) is 9.06. The van der Waals surface area contributed by atoms with Crippen molar-refractivity contribution in [1.29, 1.82) is 0 Å². The van der Waals surface area contributed by atoms with Crippen LogP contribution in [-0.2, 0) is 0 Å². The highest BCUT2D eigenvalue weighted by Crippen LogP contribution is 2.39. The van der Waals surface area contributed by atoms with E-state index in [1.807, 2.05) is 18.7 Å². The molecule has 1 aliphatic rings. The molecule has 1 aromatic heterocycles. The van der Waals surface area contributed by atoms with Gasteiger partial charge in [0.2, 0.25) is 0 Å². The second-order valence-corrected chi connectivity index (χ2v) is 6.46. The van der Waals surface area contributed by atoms with Crippen molar-refractivity contribution in [1.82, 2.24) is 10.3 Å². The van der Waals surface area contributed by atoms with Crippen LogP contribution in [0.2, 0.25) is 0 Å². The molecule has 5 heteroatoms. The quantitative estimate of drug-likeness (QED) is 0.888. The largest absolute Gasteiger partial charge is 0.398 e. The summed E-state index contributed by atoms with van der Waals surface area (Å²) in [5, 5.41) is 3.01. The molecule has 1 aromatic rings. The molecule has 1 aliphatic carbocycles. The summed E-state index contributed by atoms with van der Waals surface area (Å²) in [4.78, 5) is 16.3. The Hall–Kier alpha value is -1.23. The molecule has 3 N–H and O–H groups in total. The van der Waals surface area contributed by atoms with Gasteiger partial charge in [-0.2, -0.15) is 11.8 Å². The second kappa shape index (κ2) is 5.82. The summed E-state index contributed by atoms with van der Waals surface area (Å²) >= 11 is 1.86. The Bertz CT molecular complexity index is 470. The minimum absolute atomic E-state index is 0.120. The van der Waals surface area contributed by atoms with E-state index in [1.165, 1.54) is 25.7 Å². The van der Waals surface area contributed by atoms with Gasteiger partial charge in [-0.3, -0.25) is 9.78 Å². The Kier molecular flexibility index (Phi) is 4.34. The van der Waals surface area contributed by atoms with Gasteiger partial charge < -0.3 is 11.1 Å². The summed E-state index contributed by atoms with van der Waals surface area (Å²) in [5.74, 6) is -0.120. The van der Waals surface area contributed by atoms with Crippen molar-refractivity contribution in [2.75, 3.05) is 18.5 Å². The van der Waals surface area contributed by atoms with Gasteiger partial charge in [0.1, 0.15) is 0 Å². The van der Waals surface area contributed by atoms with Crippen LogP contribution in [0.25, 0.3) is 0 Å². The molecule has 1 heterocycles. The molecule has 2 rings (SSSR count). The number of aryl methyl sites for hydroxylation is 1. The molecule has 1 fully saturated rings. The third kappa shape index (κ3) is 3.21. The van der Waals surface area contributed by atoms with E-state index in [4.69, 9.17) is 5.73 Å². The summed E-state index contributed by atoms with van der Waals surface area (Å²) in [6.45, 7) is 2.57. The Morgan fingerprint density at radius 3 is 2.79 bits per heavy atom. The van der Waals surface area contributed by atoms with Crippen LogP contribution in [0.5, 0.6) is 0 Å². The van der Waals surface area contributed by atoms with Crippen LogP contribution in [0, 0.1) is 6.92 Å². The number of hydrogen-bond donors (Lipinski definition) is 2. The topological polar surface area (TPSA) is 68.0 Å². The van der Waals surface area contributed by atoms with E-state index in [-0.39, 0.29) is 10.7 Å². The van der Waals surface area contributed by atoms with Crippen molar-refractivity contribution in [3.63, 3.8) is 0 Å². The average molecular weight is 279 g/mol. The van der Waals surface area contributed by atoms with Gasteiger partial charge in [-0.15, -0.1) is 0 Å². The molecule has 0 saturated heterocycles. The Morgan fingerprint density at radius 2 is 2.21 bits per heavy atom. The lowest BCUT2D eigenvalue weighted by molar-refractivity contribution is 0.0950. The molecule has 0 unspecified atom stereocenters. The van der Waals surface area contributed by atoms with Crippen LogP contribution in [-0.4, -0.2) is 28.4 Å². The summed E-state index contributed by atoms with van der Waals surface area (Å²) in [5.41, 5.74) is 7.66.